The molecule has 2 rings (SSSR count). The molecule has 7 heteroatoms. The highest BCUT2D eigenvalue weighted by atomic mass is 35.5. The van der Waals surface area contributed by atoms with Crippen LogP contribution in [0, 0.1) is 5.82 Å². The van der Waals surface area contributed by atoms with Crippen molar-refractivity contribution in [2.24, 2.45) is 0 Å². The number of benzene rings is 2. The van der Waals surface area contributed by atoms with Crippen molar-refractivity contribution in [2.45, 2.75) is 6.54 Å². The van der Waals surface area contributed by atoms with Gasteiger partial charge in [-0.05, 0) is 42.0 Å². The van der Waals surface area contributed by atoms with Gasteiger partial charge in [-0.25, -0.2) is 4.39 Å². The molecule has 0 aliphatic carbocycles. The summed E-state index contributed by atoms with van der Waals surface area (Å²) in [5, 5.41) is 5.81. The number of carbonyl (C=O) groups excluding carboxylic acids is 1. The monoisotopic (exact) mass is 368 g/mol. The summed E-state index contributed by atoms with van der Waals surface area (Å²) in [5.74, 6) is 0.848. The number of rotatable bonds is 9. The van der Waals surface area contributed by atoms with E-state index in [1.54, 1.807) is 19.2 Å². The molecule has 0 atom stereocenters. The summed E-state index contributed by atoms with van der Waals surface area (Å²) in [5.41, 5.74) is 0.965. The van der Waals surface area contributed by atoms with E-state index in [0.717, 1.165) is 5.56 Å². The molecule has 0 heterocycles. The topological polar surface area (TPSA) is 59.6 Å². The second-order valence-electron chi connectivity index (χ2n) is 5.15. The SMILES string of the molecule is COCCNCC(=O)NCc1ccc(Oc2ccc(F)cc2)cc1.Cl. The molecule has 0 aromatic heterocycles. The molecule has 2 aromatic carbocycles. The Hall–Kier alpha value is -2.15. The van der Waals surface area contributed by atoms with E-state index in [-0.39, 0.29) is 30.7 Å². The normalized spacial score (nSPS) is 10.0. The van der Waals surface area contributed by atoms with Gasteiger partial charge in [0.15, 0.2) is 0 Å². The Balaban J connectivity index is 0.00000312. The summed E-state index contributed by atoms with van der Waals surface area (Å²) in [6, 6.07) is 13.2. The van der Waals surface area contributed by atoms with Gasteiger partial charge in [0.05, 0.1) is 13.2 Å². The number of amides is 1. The van der Waals surface area contributed by atoms with Crippen molar-refractivity contribution in [3.8, 4) is 11.5 Å². The minimum Gasteiger partial charge on any atom is -0.457 e. The minimum absolute atomic E-state index is 0. The Morgan fingerprint density at radius 3 is 2.24 bits per heavy atom. The number of carbonyl (C=O) groups is 1. The largest absolute Gasteiger partial charge is 0.457 e. The van der Waals surface area contributed by atoms with Gasteiger partial charge < -0.3 is 20.1 Å². The highest BCUT2D eigenvalue weighted by Crippen LogP contribution is 2.21. The van der Waals surface area contributed by atoms with E-state index < -0.39 is 0 Å². The van der Waals surface area contributed by atoms with E-state index in [0.29, 0.717) is 31.2 Å². The summed E-state index contributed by atoms with van der Waals surface area (Å²) >= 11 is 0. The number of hydrogen-bond acceptors (Lipinski definition) is 4. The zero-order valence-corrected chi connectivity index (χ0v) is 14.8. The lowest BCUT2D eigenvalue weighted by atomic mass is 10.2. The lowest BCUT2D eigenvalue weighted by Crippen LogP contribution is -2.34. The molecular formula is C18H22ClFN2O3. The summed E-state index contributed by atoms with van der Waals surface area (Å²) < 4.78 is 23.3. The molecule has 1 amide bonds. The van der Waals surface area contributed by atoms with E-state index in [9.17, 15) is 9.18 Å². The predicted octanol–water partition coefficient (Wildman–Crippen LogP) is 2.89. The first-order chi connectivity index (χ1) is 11.7. The molecule has 0 aliphatic rings. The van der Waals surface area contributed by atoms with Crippen molar-refractivity contribution in [3.05, 3.63) is 59.9 Å². The molecule has 0 unspecified atom stereocenters. The van der Waals surface area contributed by atoms with Gasteiger partial charge in [-0.1, -0.05) is 12.1 Å². The van der Waals surface area contributed by atoms with Crippen molar-refractivity contribution in [1.82, 2.24) is 10.6 Å². The van der Waals surface area contributed by atoms with E-state index in [2.05, 4.69) is 10.6 Å². The smallest absolute Gasteiger partial charge is 0.234 e. The van der Waals surface area contributed by atoms with Crippen LogP contribution in [-0.2, 0) is 16.1 Å². The van der Waals surface area contributed by atoms with E-state index in [4.69, 9.17) is 9.47 Å². The Labute approximate surface area is 152 Å². The summed E-state index contributed by atoms with van der Waals surface area (Å²) in [7, 11) is 1.62. The molecular weight excluding hydrogens is 347 g/mol. The molecule has 0 fully saturated rings. The highest BCUT2D eigenvalue weighted by Gasteiger charge is 2.02. The lowest BCUT2D eigenvalue weighted by Gasteiger charge is -2.08. The molecule has 25 heavy (non-hydrogen) atoms. The van der Waals surface area contributed by atoms with Gasteiger partial charge in [0.25, 0.3) is 0 Å². The number of methoxy groups -OCH3 is 1. The first kappa shape index (κ1) is 20.9. The number of nitrogens with one attached hydrogen (secondary N) is 2. The van der Waals surface area contributed by atoms with Crippen molar-refractivity contribution in [3.63, 3.8) is 0 Å². The molecule has 5 nitrogen and oxygen atoms in total. The quantitative estimate of drug-likeness (QED) is 0.668. The van der Waals surface area contributed by atoms with Crippen LogP contribution in [0.5, 0.6) is 11.5 Å². The molecule has 0 aliphatic heterocycles. The second-order valence-corrected chi connectivity index (χ2v) is 5.15. The Morgan fingerprint density at radius 2 is 1.64 bits per heavy atom. The number of ether oxygens (including phenoxy) is 2. The van der Waals surface area contributed by atoms with Crippen LogP contribution in [0.3, 0.4) is 0 Å². The van der Waals surface area contributed by atoms with Gasteiger partial charge in [0, 0.05) is 20.2 Å². The Morgan fingerprint density at radius 1 is 1.04 bits per heavy atom. The number of halogens is 2. The van der Waals surface area contributed by atoms with Gasteiger partial charge in [0.1, 0.15) is 17.3 Å². The fourth-order valence-corrected chi connectivity index (χ4v) is 1.95. The Bertz CT molecular complexity index is 636. The van der Waals surface area contributed by atoms with Crippen LogP contribution in [0.25, 0.3) is 0 Å². The number of hydrogen-bond donors (Lipinski definition) is 2. The first-order valence-electron chi connectivity index (χ1n) is 7.66. The van der Waals surface area contributed by atoms with Crippen LogP contribution in [0.4, 0.5) is 4.39 Å². The third kappa shape index (κ3) is 7.98. The highest BCUT2D eigenvalue weighted by molar-refractivity contribution is 5.85. The molecule has 0 bridgehead atoms. The van der Waals surface area contributed by atoms with Gasteiger partial charge in [-0.2, -0.15) is 0 Å². The third-order valence-electron chi connectivity index (χ3n) is 3.23. The van der Waals surface area contributed by atoms with Crippen LogP contribution < -0.4 is 15.4 Å². The standard InChI is InChI=1S/C18H21FN2O3.ClH/c1-23-11-10-20-13-18(22)21-12-14-2-6-16(7-3-14)24-17-8-4-15(19)5-9-17;/h2-9,20H,10-13H2,1H3,(H,21,22);1H. The van der Waals surface area contributed by atoms with Crippen LogP contribution in [0.15, 0.2) is 48.5 Å². The maximum atomic E-state index is 12.8. The lowest BCUT2D eigenvalue weighted by molar-refractivity contribution is -0.120. The van der Waals surface area contributed by atoms with E-state index in [1.807, 2.05) is 24.3 Å². The maximum absolute atomic E-state index is 12.8. The molecule has 0 spiro atoms. The van der Waals surface area contributed by atoms with Crippen LogP contribution in [0.1, 0.15) is 5.56 Å². The summed E-state index contributed by atoms with van der Waals surface area (Å²) in [6.07, 6.45) is 0. The summed E-state index contributed by atoms with van der Waals surface area (Å²) in [6.45, 7) is 1.92. The average Bonchev–Trinajstić information content (AvgIpc) is 2.60. The molecule has 0 saturated heterocycles. The second kappa shape index (κ2) is 11.4. The van der Waals surface area contributed by atoms with Crippen LogP contribution >= 0.6 is 12.4 Å². The van der Waals surface area contributed by atoms with Crippen LogP contribution in [-0.4, -0.2) is 32.7 Å². The molecule has 136 valence electrons. The zero-order valence-electron chi connectivity index (χ0n) is 14.0. The Kier molecular flexibility index (Phi) is 9.54. The predicted molar refractivity (Wildman–Crippen MR) is 96.8 cm³/mol. The summed E-state index contributed by atoms with van der Waals surface area (Å²) in [4.78, 5) is 11.6. The fourth-order valence-electron chi connectivity index (χ4n) is 1.95. The molecule has 0 saturated carbocycles. The molecule has 2 N–H and O–H groups in total. The van der Waals surface area contributed by atoms with Crippen LogP contribution in [0.2, 0.25) is 0 Å². The van der Waals surface area contributed by atoms with Crippen molar-refractivity contribution >= 4 is 18.3 Å². The fraction of sp³-hybridized carbons (Fsp3) is 0.278. The zero-order chi connectivity index (χ0) is 17.2. The maximum Gasteiger partial charge on any atom is 0.234 e. The third-order valence-corrected chi connectivity index (χ3v) is 3.23. The average molecular weight is 369 g/mol. The van der Waals surface area contributed by atoms with Crippen molar-refractivity contribution in [2.75, 3.05) is 26.8 Å². The van der Waals surface area contributed by atoms with E-state index in [1.165, 1.54) is 12.1 Å². The molecule has 2 aromatic rings. The van der Waals surface area contributed by atoms with Gasteiger partial charge in [-0.15, -0.1) is 12.4 Å². The molecule has 0 radical (unpaired) electrons. The first-order valence-corrected chi connectivity index (χ1v) is 7.66. The van der Waals surface area contributed by atoms with Gasteiger partial charge in [-0.3, -0.25) is 4.79 Å². The van der Waals surface area contributed by atoms with Crippen molar-refractivity contribution < 1.29 is 18.7 Å². The minimum atomic E-state index is -0.301. The van der Waals surface area contributed by atoms with E-state index >= 15 is 0 Å². The van der Waals surface area contributed by atoms with Crippen molar-refractivity contribution in [1.29, 1.82) is 0 Å². The van der Waals surface area contributed by atoms with Gasteiger partial charge >= 0.3 is 0 Å². The van der Waals surface area contributed by atoms with Gasteiger partial charge in [0.2, 0.25) is 5.91 Å².